The van der Waals surface area contributed by atoms with Gasteiger partial charge < -0.3 is 13.7 Å². The fourth-order valence-corrected chi connectivity index (χ4v) is 16.2. The molecule has 12 aromatic carbocycles. The van der Waals surface area contributed by atoms with Gasteiger partial charge in [-0.15, -0.1) is 5.54 Å². The molecule has 0 radical (unpaired) electrons. The molecule has 0 aliphatic heterocycles. The summed E-state index contributed by atoms with van der Waals surface area (Å²) in [6, 6.07) is 100. The van der Waals surface area contributed by atoms with Gasteiger partial charge in [0.05, 0.1) is 38.8 Å². The number of hydrogen-bond donors (Lipinski definition) is 0. The minimum atomic E-state index is -2.94. The van der Waals surface area contributed by atoms with Gasteiger partial charge in [-0.05, 0) is 64.1 Å². The Morgan fingerprint density at radius 3 is 0.905 bits per heavy atom. The number of benzene rings is 12. The van der Waals surface area contributed by atoms with Gasteiger partial charge in [0.15, 0.2) is 0 Å². The first-order chi connectivity index (χ1) is 36.7. The van der Waals surface area contributed by atoms with Gasteiger partial charge in [-0.1, -0.05) is 230 Å². The van der Waals surface area contributed by atoms with Crippen LogP contribution >= 0.6 is 0 Å². The predicted octanol–water partition coefficient (Wildman–Crippen LogP) is 15.3. The molecule has 344 valence electrons. The van der Waals surface area contributed by atoms with Crippen molar-refractivity contribution in [2.24, 2.45) is 0 Å². The van der Waals surface area contributed by atoms with Crippen molar-refractivity contribution in [2.45, 2.75) is 0 Å². The van der Waals surface area contributed by atoms with E-state index in [2.05, 4.69) is 298 Å². The van der Waals surface area contributed by atoms with Crippen molar-refractivity contribution in [3.63, 3.8) is 0 Å². The van der Waals surface area contributed by atoms with Gasteiger partial charge in [0.25, 0.3) is 0 Å². The number of rotatable bonds is 6. The standard InChI is InChI=1S/C70H45N3Si/c1-4-22-50(23-5-1)74(51-24-6-2-7-25-51,52-26-8-3-9-27-52)45-44-55-53-28-10-12-34-62(53)70(63-35-13-11-29-54(55)63)73-68-46-48(71-64-36-18-14-30-56(64)57-31-15-19-37-65(57)71)40-42-60(68)61-43-41-49(47-69(61)73)72-66-38-20-16-32-58(66)59-33-17-21-39-67(59)72/h1-43,46-47H. The molecule has 0 spiro atoms. The summed E-state index contributed by atoms with van der Waals surface area (Å²) >= 11 is 0. The summed E-state index contributed by atoms with van der Waals surface area (Å²) in [5.74, 6) is 4.03. The van der Waals surface area contributed by atoms with Crippen LogP contribution in [0.5, 0.6) is 0 Å². The van der Waals surface area contributed by atoms with Crippen LogP contribution in [-0.4, -0.2) is 21.8 Å². The van der Waals surface area contributed by atoms with Gasteiger partial charge in [-0.2, -0.15) is 0 Å². The third-order valence-electron chi connectivity index (χ3n) is 15.5. The Morgan fingerprint density at radius 1 is 0.243 bits per heavy atom. The molecule has 0 bridgehead atoms. The zero-order valence-corrected chi connectivity index (χ0v) is 41.3. The topological polar surface area (TPSA) is 14.8 Å². The van der Waals surface area contributed by atoms with Crippen LogP contribution in [0.3, 0.4) is 0 Å². The summed E-state index contributed by atoms with van der Waals surface area (Å²) in [4.78, 5) is 0. The highest BCUT2D eigenvalue weighted by Gasteiger charge is 2.38. The Balaban J connectivity index is 1.06. The lowest BCUT2D eigenvalue weighted by Gasteiger charge is -2.28. The van der Waals surface area contributed by atoms with E-state index in [-0.39, 0.29) is 0 Å². The summed E-state index contributed by atoms with van der Waals surface area (Å²) in [6.45, 7) is 0. The normalized spacial score (nSPS) is 11.9. The van der Waals surface area contributed by atoms with E-state index >= 15 is 0 Å². The summed E-state index contributed by atoms with van der Waals surface area (Å²) in [5, 5.41) is 15.7. The molecule has 0 amide bonds. The lowest BCUT2D eigenvalue weighted by molar-refractivity contribution is 1.16. The Hall–Kier alpha value is -9.66. The van der Waals surface area contributed by atoms with Crippen molar-refractivity contribution < 1.29 is 0 Å². The quantitative estimate of drug-likeness (QED) is 0.0683. The van der Waals surface area contributed by atoms with E-state index in [0.717, 1.165) is 55.2 Å². The van der Waals surface area contributed by atoms with Crippen molar-refractivity contribution >= 4 is 111 Å². The molecule has 0 fully saturated rings. The van der Waals surface area contributed by atoms with Crippen LogP contribution in [0, 0.1) is 11.5 Å². The number of fused-ring (bicyclic) bond motifs is 11. The van der Waals surface area contributed by atoms with E-state index in [1.165, 1.54) is 69.9 Å². The van der Waals surface area contributed by atoms with Gasteiger partial charge >= 0.3 is 0 Å². The first-order valence-electron chi connectivity index (χ1n) is 25.4. The third-order valence-corrected chi connectivity index (χ3v) is 19.6. The van der Waals surface area contributed by atoms with E-state index in [4.69, 9.17) is 0 Å². The molecule has 15 aromatic rings. The molecule has 0 N–H and O–H groups in total. The molecule has 0 saturated carbocycles. The monoisotopic (exact) mass is 955 g/mol. The molecule has 0 unspecified atom stereocenters. The maximum absolute atomic E-state index is 4.18. The fraction of sp³-hybridized carbons (Fsp3) is 0. The van der Waals surface area contributed by atoms with Crippen molar-refractivity contribution in [2.75, 3.05) is 0 Å². The summed E-state index contributed by atoms with van der Waals surface area (Å²) in [5.41, 5.74) is 15.6. The molecule has 0 aliphatic rings. The Kier molecular flexibility index (Phi) is 9.50. The summed E-state index contributed by atoms with van der Waals surface area (Å²) in [6.07, 6.45) is 0. The largest absolute Gasteiger partial charge is 0.309 e. The molecule has 0 aliphatic carbocycles. The van der Waals surface area contributed by atoms with Crippen LogP contribution in [0.4, 0.5) is 0 Å². The number of para-hydroxylation sites is 4. The number of hydrogen-bond acceptors (Lipinski definition) is 0. The SMILES string of the molecule is C(#C[Si](c1ccccc1)(c1ccccc1)c1ccccc1)c1c2ccccc2c(-n2c3cc(-n4c5ccccc5c5ccccc54)ccc3c3ccc(-n4c5ccccc5c5ccccc54)cc32)c2ccccc12. The highest BCUT2D eigenvalue weighted by molar-refractivity contribution is 7.16. The highest BCUT2D eigenvalue weighted by atomic mass is 28.3. The van der Waals surface area contributed by atoms with Gasteiger partial charge in [0, 0.05) is 70.8 Å². The number of nitrogens with zero attached hydrogens (tertiary/aromatic N) is 3. The first kappa shape index (κ1) is 42.1. The van der Waals surface area contributed by atoms with E-state index in [9.17, 15) is 0 Å². The van der Waals surface area contributed by atoms with Crippen LogP contribution in [0.2, 0.25) is 0 Å². The van der Waals surface area contributed by atoms with Gasteiger partial charge in [0.2, 0.25) is 8.07 Å². The second-order valence-electron chi connectivity index (χ2n) is 19.4. The second kappa shape index (κ2) is 16.7. The second-order valence-corrected chi connectivity index (χ2v) is 22.9. The average Bonchev–Trinajstić information content (AvgIpc) is 4.11. The van der Waals surface area contributed by atoms with Crippen molar-refractivity contribution in [1.29, 1.82) is 0 Å². The zero-order valence-electron chi connectivity index (χ0n) is 40.3. The number of aromatic nitrogens is 3. The summed E-state index contributed by atoms with van der Waals surface area (Å²) in [7, 11) is -2.94. The minimum Gasteiger partial charge on any atom is -0.309 e. The Bertz CT molecular complexity index is 4350. The van der Waals surface area contributed by atoms with E-state index < -0.39 is 8.07 Å². The molecule has 3 nitrogen and oxygen atoms in total. The van der Waals surface area contributed by atoms with E-state index in [1.807, 2.05) is 0 Å². The van der Waals surface area contributed by atoms with Crippen LogP contribution in [0.1, 0.15) is 5.56 Å². The van der Waals surface area contributed by atoms with E-state index in [0.29, 0.717) is 0 Å². The Labute approximate surface area is 429 Å². The molecule has 3 aromatic heterocycles. The highest BCUT2D eigenvalue weighted by Crippen LogP contribution is 2.43. The molecular weight excluding hydrogens is 911 g/mol. The van der Waals surface area contributed by atoms with Crippen LogP contribution < -0.4 is 15.6 Å². The first-order valence-corrected chi connectivity index (χ1v) is 27.4. The lowest BCUT2D eigenvalue weighted by atomic mass is 9.94. The molecule has 3 heterocycles. The maximum Gasteiger partial charge on any atom is 0.230 e. The van der Waals surface area contributed by atoms with Gasteiger partial charge in [-0.25, -0.2) is 0 Å². The van der Waals surface area contributed by atoms with Crippen molar-refractivity contribution in [3.8, 4) is 28.5 Å². The maximum atomic E-state index is 4.18. The van der Waals surface area contributed by atoms with Crippen molar-refractivity contribution in [3.05, 3.63) is 279 Å². The minimum absolute atomic E-state index is 1.04. The van der Waals surface area contributed by atoms with Crippen molar-refractivity contribution in [1.82, 2.24) is 13.7 Å². The van der Waals surface area contributed by atoms with Crippen LogP contribution in [0.25, 0.3) is 104 Å². The van der Waals surface area contributed by atoms with Gasteiger partial charge in [-0.3, -0.25) is 0 Å². The van der Waals surface area contributed by atoms with E-state index in [1.54, 1.807) is 0 Å². The van der Waals surface area contributed by atoms with Crippen LogP contribution in [-0.2, 0) is 0 Å². The summed E-state index contributed by atoms with van der Waals surface area (Å²) < 4.78 is 7.44. The fourth-order valence-electron chi connectivity index (χ4n) is 12.3. The predicted molar refractivity (Wildman–Crippen MR) is 315 cm³/mol. The average molecular weight is 956 g/mol. The molecule has 15 rings (SSSR count). The van der Waals surface area contributed by atoms with Gasteiger partial charge in [0.1, 0.15) is 0 Å². The third kappa shape index (κ3) is 6.21. The molecular formula is C70H45N3Si. The van der Waals surface area contributed by atoms with Crippen LogP contribution in [0.15, 0.2) is 273 Å². The molecule has 0 atom stereocenters. The Morgan fingerprint density at radius 2 is 0.541 bits per heavy atom. The molecule has 4 heteroatoms. The smallest absolute Gasteiger partial charge is 0.230 e. The molecule has 0 saturated heterocycles. The lowest BCUT2D eigenvalue weighted by Crippen LogP contribution is -2.66. The molecule has 74 heavy (non-hydrogen) atoms. The zero-order chi connectivity index (χ0) is 48.7.